The Morgan fingerprint density at radius 3 is 2.32 bits per heavy atom. The molecule has 2 saturated heterocycles. The summed E-state index contributed by atoms with van der Waals surface area (Å²) in [4.78, 5) is 36.1. The van der Waals surface area contributed by atoms with E-state index in [1.54, 1.807) is 11.8 Å². The molecule has 0 atom stereocenters. The van der Waals surface area contributed by atoms with Crippen molar-refractivity contribution in [3.63, 3.8) is 0 Å². The Hall–Kier alpha value is -2.31. The molecule has 0 aromatic carbocycles. The predicted molar refractivity (Wildman–Crippen MR) is 93.8 cm³/mol. The van der Waals surface area contributed by atoms with E-state index in [1.807, 2.05) is 12.4 Å². The summed E-state index contributed by atoms with van der Waals surface area (Å²) in [6, 6.07) is 3.80. The SMILES string of the molecule is CCC(=O)ONC(=O)N1CCC2(CC1)CCN(c1ccncc1)CC2. The van der Waals surface area contributed by atoms with Crippen LogP contribution < -0.4 is 10.4 Å². The van der Waals surface area contributed by atoms with Crippen LogP contribution in [0.15, 0.2) is 24.5 Å². The average molecular weight is 346 g/mol. The van der Waals surface area contributed by atoms with Gasteiger partial charge in [0.25, 0.3) is 0 Å². The molecule has 1 N–H and O–H groups in total. The first-order chi connectivity index (χ1) is 12.1. The Morgan fingerprint density at radius 2 is 1.72 bits per heavy atom. The number of likely N-dealkylation sites (tertiary alicyclic amines) is 1. The summed E-state index contributed by atoms with van der Waals surface area (Å²) < 4.78 is 0. The van der Waals surface area contributed by atoms with E-state index in [0.29, 0.717) is 18.5 Å². The molecule has 3 rings (SSSR count). The van der Waals surface area contributed by atoms with Crippen molar-refractivity contribution in [2.45, 2.75) is 39.0 Å². The number of hydroxylamine groups is 1. The number of pyridine rings is 1. The van der Waals surface area contributed by atoms with Crippen molar-refractivity contribution < 1.29 is 14.4 Å². The first-order valence-corrected chi connectivity index (χ1v) is 9.01. The van der Waals surface area contributed by atoms with Crippen molar-refractivity contribution in [2.75, 3.05) is 31.1 Å². The summed E-state index contributed by atoms with van der Waals surface area (Å²) >= 11 is 0. The van der Waals surface area contributed by atoms with Crippen molar-refractivity contribution >= 4 is 17.7 Å². The minimum atomic E-state index is -0.426. The van der Waals surface area contributed by atoms with Crippen LogP contribution in [0.5, 0.6) is 0 Å². The van der Waals surface area contributed by atoms with Gasteiger partial charge in [0, 0.05) is 50.7 Å². The van der Waals surface area contributed by atoms with E-state index >= 15 is 0 Å². The summed E-state index contributed by atoms with van der Waals surface area (Å²) in [7, 11) is 0. The summed E-state index contributed by atoms with van der Waals surface area (Å²) in [6.45, 7) is 5.21. The highest BCUT2D eigenvalue weighted by atomic mass is 16.7. The molecule has 2 fully saturated rings. The molecule has 25 heavy (non-hydrogen) atoms. The highest BCUT2D eigenvalue weighted by molar-refractivity contribution is 5.76. The molecule has 2 amide bonds. The van der Waals surface area contributed by atoms with Gasteiger partial charge >= 0.3 is 12.0 Å². The number of hydrogen-bond acceptors (Lipinski definition) is 5. The number of nitrogens with one attached hydrogen (secondary N) is 1. The highest BCUT2D eigenvalue weighted by Gasteiger charge is 2.38. The van der Waals surface area contributed by atoms with Gasteiger partial charge in [0.1, 0.15) is 0 Å². The maximum atomic E-state index is 12.1. The Labute approximate surface area is 148 Å². The quantitative estimate of drug-likeness (QED) is 0.832. The zero-order chi connectivity index (χ0) is 17.7. The Balaban J connectivity index is 1.46. The third-order valence-corrected chi connectivity index (χ3v) is 5.50. The van der Waals surface area contributed by atoms with Crippen LogP contribution in [-0.4, -0.2) is 48.1 Å². The van der Waals surface area contributed by atoms with Crippen LogP contribution in [0.2, 0.25) is 0 Å². The number of piperidine rings is 2. The lowest BCUT2D eigenvalue weighted by molar-refractivity contribution is -0.148. The van der Waals surface area contributed by atoms with Gasteiger partial charge in [-0.1, -0.05) is 6.92 Å². The van der Waals surface area contributed by atoms with E-state index < -0.39 is 5.97 Å². The predicted octanol–water partition coefficient (Wildman–Crippen LogP) is 2.34. The van der Waals surface area contributed by atoms with Crippen LogP contribution >= 0.6 is 0 Å². The number of rotatable bonds is 2. The van der Waals surface area contributed by atoms with Gasteiger partial charge in [-0.2, -0.15) is 5.48 Å². The number of hydrogen-bond donors (Lipinski definition) is 1. The van der Waals surface area contributed by atoms with Crippen LogP contribution in [0.25, 0.3) is 0 Å². The Bertz CT molecular complexity index is 590. The lowest BCUT2D eigenvalue weighted by Crippen LogP contribution is -2.50. The van der Waals surface area contributed by atoms with Crippen LogP contribution in [0.3, 0.4) is 0 Å². The van der Waals surface area contributed by atoms with E-state index in [9.17, 15) is 9.59 Å². The normalized spacial score (nSPS) is 19.6. The second kappa shape index (κ2) is 7.72. The van der Waals surface area contributed by atoms with Gasteiger partial charge in [0.15, 0.2) is 0 Å². The number of amides is 2. The molecule has 0 bridgehead atoms. The van der Waals surface area contributed by atoms with Gasteiger partial charge in [0.05, 0.1) is 0 Å². The number of nitrogens with zero attached hydrogens (tertiary/aromatic N) is 3. The second-order valence-electron chi connectivity index (χ2n) is 6.91. The van der Waals surface area contributed by atoms with Crippen molar-refractivity contribution in [2.24, 2.45) is 5.41 Å². The van der Waals surface area contributed by atoms with Crippen molar-refractivity contribution in [1.29, 1.82) is 0 Å². The molecule has 0 unspecified atom stereocenters. The minimum absolute atomic E-state index is 0.247. The van der Waals surface area contributed by atoms with E-state index in [0.717, 1.165) is 38.8 Å². The van der Waals surface area contributed by atoms with Gasteiger partial charge in [0.2, 0.25) is 0 Å². The Kier molecular flexibility index (Phi) is 5.40. The monoisotopic (exact) mass is 346 g/mol. The molecular weight excluding hydrogens is 320 g/mol. The van der Waals surface area contributed by atoms with Crippen molar-refractivity contribution in [3.8, 4) is 0 Å². The molecule has 2 aliphatic heterocycles. The summed E-state index contributed by atoms with van der Waals surface area (Å²) in [5.41, 5.74) is 3.82. The molecule has 0 saturated carbocycles. The summed E-state index contributed by atoms with van der Waals surface area (Å²) in [5, 5.41) is 0. The fourth-order valence-electron chi connectivity index (χ4n) is 3.72. The maximum absolute atomic E-state index is 12.1. The zero-order valence-corrected chi connectivity index (χ0v) is 14.7. The summed E-state index contributed by atoms with van der Waals surface area (Å²) in [5.74, 6) is -0.426. The largest absolute Gasteiger partial charge is 0.371 e. The zero-order valence-electron chi connectivity index (χ0n) is 14.7. The number of urea groups is 1. The fourth-order valence-corrected chi connectivity index (χ4v) is 3.72. The minimum Gasteiger partial charge on any atom is -0.371 e. The number of carbonyl (C=O) groups is 2. The van der Waals surface area contributed by atoms with Crippen molar-refractivity contribution in [1.82, 2.24) is 15.4 Å². The first-order valence-electron chi connectivity index (χ1n) is 9.01. The molecule has 2 aliphatic rings. The average Bonchev–Trinajstić information content (AvgIpc) is 2.67. The van der Waals surface area contributed by atoms with Gasteiger partial charge in [-0.15, -0.1) is 0 Å². The number of aromatic nitrogens is 1. The summed E-state index contributed by atoms with van der Waals surface area (Å²) in [6.07, 6.45) is 8.23. The van der Waals surface area contributed by atoms with Gasteiger partial charge < -0.3 is 14.6 Å². The molecule has 7 nitrogen and oxygen atoms in total. The highest BCUT2D eigenvalue weighted by Crippen LogP contribution is 2.42. The smallest absolute Gasteiger partial charge is 0.350 e. The van der Waals surface area contributed by atoms with E-state index in [1.165, 1.54) is 5.69 Å². The molecule has 136 valence electrons. The van der Waals surface area contributed by atoms with Crippen LogP contribution in [0, 0.1) is 5.41 Å². The van der Waals surface area contributed by atoms with E-state index in [2.05, 4.69) is 27.5 Å². The second-order valence-corrected chi connectivity index (χ2v) is 6.91. The van der Waals surface area contributed by atoms with Crippen LogP contribution in [0.1, 0.15) is 39.0 Å². The van der Waals surface area contributed by atoms with E-state index in [4.69, 9.17) is 4.84 Å². The molecule has 1 spiro atoms. The van der Waals surface area contributed by atoms with Crippen LogP contribution in [0.4, 0.5) is 10.5 Å². The lowest BCUT2D eigenvalue weighted by atomic mass is 9.71. The molecule has 0 radical (unpaired) electrons. The fraction of sp³-hybridized carbons (Fsp3) is 0.611. The third-order valence-electron chi connectivity index (χ3n) is 5.50. The molecule has 1 aromatic rings. The molecular formula is C18H26N4O3. The van der Waals surface area contributed by atoms with Gasteiger partial charge in [-0.25, -0.2) is 9.59 Å². The Morgan fingerprint density at radius 1 is 1.12 bits per heavy atom. The molecule has 1 aromatic heterocycles. The standard InChI is InChI=1S/C18H26N4O3/c1-2-16(23)25-20-17(24)22-13-7-18(8-14-22)5-11-21(12-6-18)15-3-9-19-10-4-15/h3-4,9-10H,2,5-8,11-14H2,1H3,(H,20,24). The van der Waals surface area contributed by atoms with Crippen LogP contribution in [-0.2, 0) is 9.63 Å². The van der Waals surface area contributed by atoms with Gasteiger partial charge in [-0.3, -0.25) is 4.98 Å². The number of anilines is 1. The van der Waals surface area contributed by atoms with E-state index in [-0.39, 0.29) is 12.5 Å². The molecule has 0 aliphatic carbocycles. The number of carbonyl (C=O) groups excluding carboxylic acids is 2. The third kappa shape index (κ3) is 4.21. The van der Waals surface area contributed by atoms with Gasteiger partial charge in [-0.05, 0) is 43.2 Å². The molecule has 3 heterocycles. The maximum Gasteiger partial charge on any atom is 0.350 e. The lowest BCUT2D eigenvalue weighted by Gasteiger charge is -2.47. The molecule has 7 heteroatoms. The van der Waals surface area contributed by atoms with Crippen molar-refractivity contribution in [3.05, 3.63) is 24.5 Å². The topological polar surface area (TPSA) is 74.8 Å². The first kappa shape index (κ1) is 17.5.